The number of fused-ring (bicyclic) bond motifs is 1. The summed E-state index contributed by atoms with van der Waals surface area (Å²) in [5.74, 6) is 0.866. The van der Waals surface area contributed by atoms with Crippen molar-refractivity contribution in [2.45, 2.75) is 58.9 Å². The smallest absolute Gasteiger partial charge is 0.246 e. The maximum atomic E-state index is 13.0. The average molecular weight is 411 g/mol. The topological polar surface area (TPSA) is 45.9 Å². The summed E-state index contributed by atoms with van der Waals surface area (Å²) in [6.07, 6.45) is 10.3. The van der Waals surface area contributed by atoms with E-state index in [2.05, 4.69) is 11.0 Å². The molecule has 0 unspecified atom stereocenters. The number of aryl methyl sites for hydroxylation is 1. The fraction of sp³-hybridized carbons (Fsp3) is 0.560. The van der Waals surface area contributed by atoms with Gasteiger partial charge in [-0.2, -0.15) is 0 Å². The first-order chi connectivity index (χ1) is 14.6. The van der Waals surface area contributed by atoms with Crippen LogP contribution in [0.4, 0.5) is 0 Å². The molecule has 162 valence electrons. The van der Waals surface area contributed by atoms with Crippen LogP contribution in [0.5, 0.6) is 5.75 Å². The number of ether oxygens (including phenoxy) is 1. The lowest BCUT2D eigenvalue weighted by Crippen LogP contribution is -2.52. The Balaban J connectivity index is 1.47. The minimum Gasteiger partial charge on any atom is -0.493 e. The maximum Gasteiger partial charge on any atom is 0.246 e. The van der Waals surface area contributed by atoms with E-state index in [1.54, 1.807) is 12.3 Å². The third kappa shape index (κ3) is 4.41. The molecule has 1 aromatic heterocycles. The zero-order valence-corrected chi connectivity index (χ0v) is 18.6. The third-order valence-corrected chi connectivity index (χ3v) is 6.65. The Morgan fingerprint density at radius 2 is 1.90 bits per heavy atom. The Morgan fingerprint density at radius 1 is 1.17 bits per heavy atom. The van der Waals surface area contributed by atoms with Gasteiger partial charge in [-0.15, -0.1) is 0 Å². The second kappa shape index (κ2) is 9.25. The Bertz CT molecular complexity index is 916. The molecule has 2 heterocycles. The van der Waals surface area contributed by atoms with Crippen LogP contribution in [0.15, 0.2) is 28.9 Å². The Hall–Kier alpha value is -2.27. The Morgan fingerprint density at radius 3 is 2.60 bits per heavy atom. The molecular weight excluding hydrogens is 376 g/mol. The largest absolute Gasteiger partial charge is 0.493 e. The van der Waals surface area contributed by atoms with E-state index < -0.39 is 0 Å². The number of amides is 1. The summed E-state index contributed by atoms with van der Waals surface area (Å²) in [5, 5.41) is 1.06. The molecular formula is C25H34N2O3. The molecule has 5 nitrogen and oxygen atoms in total. The molecule has 4 rings (SSSR count). The van der Waals surface area contributed by atoms with Gasteiger partial charge in [-0.05, 0) is 50.8 Å². The molecule has 1 saturated heterocycles. The number of carbonyl (C=O) groups is 1. The molecule has 2 aromatic rings. The molecule has 0 radical (unpaired) electrons. The molecule has 30 heavy (non-hydrogen) atoms. The number of rotatable bonds is 5. The van der Waals surface area contributed by atoms with Crippen molar-refractivity contribution in [2.24, 2.45) is 0 Å². The van der Waals surface area contributed by atoms with Crippen LogP contribution in [-0.4, -0.2) is 54.5 Å². The summed E-state index contributed by atoms with van der Waals surface area (Å²) in [7, 11) is 0. The van der Waals surface area contributed by atoms with E-state index in [1.165, 1.54) is 32.1 Å². The van der Waals surface area contributed by atoms with Gasteiger partial charge in [0.05, 0.1) is 12.9 Å². The van der Waals surface area contributed by atoms with Gasteiger partial charge in [0.2, 0.25) is 5.91 Å². The number of benzene rings is 1. The van der Waals surface area contributed by atoms with Crippen molar-refractivity contribution in [3.8, 4) is 5.75 Å². The number of nitrogens with zero attached hydrogens (tertiary/aromatic N) is 2. The summed E-state index contributed by atoms with van der Waals surface area (Å²) in [4.78, 5) is 17.6. The third-order valence-electron chi connectivity index (χ3n) is 6.65. The zero-order chi connectivity index (χ0) is 21.1. The van der Waals surface area contributed by atoms with Crippen molar-refractivity contribution in [3.63, 3.8) is 0 Å². The minimum atomic E-state index is 0.0993. The molecule has 1 aromatic carbocycles. The van der Waals surface area contributed by atoms with Gasteiger partial charge in [0.25, 0.3) is 0 Å². The first-order valence-electron chi connectivity index (χ1n) is 11.4. The molecule has 0 spiro atoms. The first kappa shape index (κ1) is 21.0. The van der Waals surface area contributed by atoms with Gasteiger partial charge in [-0.3, -0.25) is 9.69 Å². The van der Waals surface area contributed by atoms with E-state index in [9.17, 15) is 4.79 Å². The van der Waals surface area contributed by atoms with Crippen LogP contribution in [0, 0.1) is 6.92 Å². The highest BCUT2D eigenvalue weighted by atomic mass is 16.5. The normalized spacial score (nSPS) is 19.4. The number of furan rings is 1. The molecule has 2 fully saturated rings. The lowest BCUT2D eigenvalue weighted by molar-refractivity contribution is -0.128. The number of piperazine rings is 1. The quantitative estimate of drug-likeness (QED) is 0.649. The predicted molar refractivity (Wildman–Crippen MR) is 121 cm³/mol. The van der Waals surface area contributed by atoms with Crippen molar-refractivity contribution >= 4 is 22.4 Å². The number of carbonyl (C=O) groups excluding carboxylic acids is 1. The highest BCUT2D eigenvalue weighted by Crippen LogP contribution is 2.33. The van der Waals surface area contributed by atoms with E-state index in [0.717, 1.165) is 65.6 Å². The van der Waals surface area contributed by atoms with E-state index in [0.29, 0.717) is 6.61 Å². The van der Waals surface area contributed by atoms with E-state index in [4.69, 9.17) is 9.15 Å². The minimum absolute atomic E-state index is 0.0993. The SMILES string of the molecule is CCOc1cc2occ(C)c2cc1/C(C)=C/C(=O)N1CCN(C2CCCCC2)CC1. The molecule has 2 aliphatic rings. The van der Waals surface area contributed by atoms with E-state index >= 15 is 0 Å². The fourth-order valence-electron chi connectivity index (χ4n) is 4.87. The summed E-state index contributed by atoms with van der Waals surface area (Å²) >= 11 is 0. The summed E-state index contributed by atoms with van der Waals surface area (Å²) in [6, 6.07) is 4.75. The molecule has 0 atom stereocenters. The fourth-order valence-corrected chi connectivity index (χ4v) is 4.87. The Kier molecular flexibility index (Phi) is 6.47. The van der Waals surface area contributed by atoms with Crippen LogP contribution in [0.25, 0.3) is 16.5 Å². The van der Waals surface area contributed by atoms with E-state index in [1.807, 2.05) is 31.7 Å². The van der Waals surface area contributed by atoms with Crippen LogP contribution in [-0.2, 0) is 4.79 Å². The molecule has 1 aliphatic heterocycles. The average Bonchev–Trinajstić information content (AvgIpc) is 3.14. The van der Waals surface area contributed by atoms with Crippen LogP contribution in [0.3, 0.4) is 0 Å². The first-order valence-corrected chi connectivity index (χ1v) is 11.4. The van der Waals surface area contributed by atoms with Gasteiger partial charge >= 0.3 is 0 Å². The molecule has 1 aliphatic carbocycles. The van der Waals surface area contributed by atoms with Crippen molar-refractivity contribution in [2.75, 3.05) is 32.8 Å². The van der Waals surface area contributed by atoms with Gasteiger partial charge in [0, 0.05) is 55.3 Å². The highest BCUT2D eigenvalue weighted by molar-refractivity contribution is 5.97. The van der Waals surface area contributed by atoms with Gasteiger partial charge in [-0.1, -0.05) is 19.3 Å². The Labute approximate surface area is 179 Å². The predicted octanol–water partition coefficient (Wildman–Crippen LogP) is 5.02. The molecule has 5 heteroatoms. The molecule has 1 saturated carbocycles. The van der Waals surface area contributed by atoms with Crippen LogP contribution < -0.4 is 4.74 Å². The highest BCUT2D eigenvalue weighted by Gasteiger charge is 2.26. The van der Waals surface area contributed by atoms with Crippen molar-refractivity contribution in [3.05, 3.63) is 35.6 Å². The number of hydrogen-bond acceptors (Lipinski definition) is 4. The van der Waals surface area contributed by atoms with Crippen molar-refractivity contribution < 1.29 is 13.9 Å². The molecule has 0 bridgehead atoms. The van der Waals surface area contributed by atoms with Crippen molar-refractivity contribution in [1.82, 2.24) is 9.80 Å². The monoisotopic (exact) mass is 410 g/mol. The zero-order valence-electron chi connectivity index (χ0n) is 18.6. The lowest BCUT2D eigenvalue weighted by atomic mass is 9.94. The second-order valence-corrected chi connectivity index (χ2v) is 8.68. The molecule has 0 N–H and O–H groups in total. The van der Waals surface area contributed by atoms with E-state index in [-0.39, 0.29) is 5.91 Å². The van der Waals surface area contributed by atoms with Crippen LogP contribution in [0.2, 0.25) is 0 Å². The number of allylic oxidation sites excluding steroid dienone is 1. The van der Waals surface area contributed by atoms with Gasteiger partial charge < -0.3 is 14.1 Å². The summed E-state index contributed by atoms with van der Waals surface area (Å²) < 4.78 is 11.5. The van der Waals surface area contributed by atoms with Gasteiger partial charge in [-0.25, -0.2) is 0 Å². The van der Waals surface area contributed by atoms with Crippen LogP contribution in [0.1, 0.15) is 57.1 Å². The number of hydrogen-bond donors (Lipinski definition) is 0. The lowest BCUT2D eigenvalue weighted by Gasteiger charge is -2.40. The van der Waals surface area contributed by atoms with Crippen LogP contribution >= 0.6 is 0 Å². The standard InChI is InChI=1S/C25H34N2O3/c1-4-29-23-16-24-22(19(3)17-30-24)15-21(23)18(2)14-25(28)27-12-10-26(11-13-27)20-8-6-5-7-9-20/h14-17,20H,4-13H2,1-3H3/b18-14+. The maximum absolute atomic E-state index is 13.0. The summed E-state index contributed by atoms with van der Waals surface area (Å²) in [6.45, 7) is 10.2. The van der Waals surface area contributed by atoms with Gasteiger partial charge in [0.1, 0.15) is 11.3 Å². The second-order valence-electron chi connectivity index (χ2n) is 8.68. The molecule has 1 amide bonds. The summed E-state index contributed by atoms with van der Waals surface area (Å²) in [5.41, 5.74) is 3.80. The van der Waals surface area contributed by atoms with Gasteiger partial charge in [0.15, 0.2) is 0 Å². The van der Waals surface area contributed by atoms with Crippen molar-refractivity contribution in [1.29, 1.82) is 0 Å².